The molecule has 0 bridgehead atoms. The fraction of sp³-hybridized carbons (Fsp3) is 0.824. The molecule has 2 atom stereocenters. The summed E-state index contributed by atoms with van der Waals surface area (Å²) in [6, 6.07) is -1.66. The number of amides is 1. The van der Waals surface area contributed by atoms with Crippen LogP contribution in [0.5, 0.6) is 0 Å². The van der Waals surface area contributed by atoms with Crippen molar-refractivity contribution in [1.82, 2.24) is 15.5 Å². The molecule has 2 aliphatic rings. The van der Waals surface area contributed by atoms with Gasteiger partial charge < -0.3 is 19.2 Å². The van der Waals surface area contributed by atoms with Crippen LogP contribution in [0.2, 0.25) is 0 Å². The van der Waals surface area contributed by atoms with E-state index in [1.54, 1.807) is 20.8 Å². The van der Waals surface area contributed by atoms with Crippen LogP contribution in [0.3, 0.4) is 0 Å². The molecule has 30 heavy (non-hydrogen) atoms. The van der Waals surface area contributed by atoms with E-state index in [-0.39, 0.29) is 18.7 Å². The van der Waals surface area contributed by atoms with E-state index in [1.165, 1.54) is 0 Å². The molecule has 170 valence electrons. The Bertz CT molecular complexity index is 773. The topological polar surface area (TPSA) is 95.7 Å². The van der Waals surface area contributed by atoms with E-state index in [2.05, 4.69) is 20.3 Å². The molecular formula is C17H22F5N3O5. The van der Waals surface area contributed by atoms with Gasteiger partial charge in [-0.05, 0) is 40.0 Å². The number of alkyl carbamates (subject to hydrolysis) is 1. The highest BCUT2D eigenvalue weighted by Crippen LogP contribution is 2.48. The standard InChI is InChI=1S/C17H22F5N3O5/c1-14(2,3)29-13(26)23-10-8-27-9(7-16(10,18)19)11-24-25-12(28-11)15(5-4-6-15)30-17(20,21)22/h9-10H,4-8H2,1-3H3,(H,23,26)/t9-,10-/m0/s1. The first kappa shape index (κ1) is 22.7. The second-order valence-electron chi connectivity index (χ2n) is 8.33. The molecule has 1 saturated carbocycles. The number of nitrogens with zero attached hydrogens (tertiary/aromatic N) is 2. The van der Waals surface area contributed by atoms with Crippen molar-refractivity contribution in [2.45, 2.75) is 82.1 Å². The quantitative estimate of drug-likeness (QED) is 0.704. The van der Waals surface area contributed by atoms with Gasteiger partial charge in [-0.25, -0.2) is 13.6 Å². The molecule has 8 nitrogen and oxygen atoms in total. The minimum Gasteiger partial charge on any atom is -0.444 e. The molecule has 0 unspecified atom stereocenters. The molecule has 0 radical (unpaired) electrons. The normalized spacial score (nSPS) is 26.0. The van der Waals surface area contributed by atoms with E-state index in [0.29, 0.717) is 6.42 Å². The van der Waals surface area contributed by atoms with Crippen LogP contribution in [-0.2, 0) is 19.8 Å². The molecule has 0 spiro atoms. The monoisotopic (exact) mass is 443 g/mol. The highest BCUT2D eigenvalue weighted by molar-refractivity contribution is 5.68. The molecule has 13 heteroatoms. The van der Waals surface area contributed by atoms with Crippen molar-refractivity contribution in [2.24, 2.45) is 0 Å². The SMILES string of the molecule is CC(C)(C)OC(=O)N[C@H]1CO[C@H](c2nnc(C3(OC(F)(F)F)CCC3)o2)CC1(F)F. The second kappa shape index (κ2) is 7.59. The van der Waals surface area contributed by atoms with E-state index in [4.69, 9.17) is 13.9 Å². The summed E-state index contributed by atoms with van der Waals surface area (Å²) in [5, 5.41) is 9.22. The van der Waals surface area contributed by atoms with Gasteiger partial charge in [0, 0.05) is 6.42 Å². The number of ether oxygens (including phenoxy) is 3. The zero-order chi connectivity index (χ0) is 22.4. The predicted octanol–water partition coefficient (Wildman–Crippen LogP) is 3.98. The van der Waals surface area contributed by atoms with Crippen LogP contribution >= 0.6 is 0 Å². The summed E-state index contributed by atoms with van der Waals surface area (Å²) >= 11 is 0. The highest BCUT2D eigenvalue weighted by Gasteiger charge is 2.54. The Morgan fingerprint density at radius 3 is 2.37 bits per heavy atom. The molecular weight excluding hydrogens is 421 g/mol. The van der Waals surface area contributed by atoms with Crippen LogP contribution in [0, 0.1) is 0 Å². The van der Waals surface area contributed by atoms with E-state index in [0.717, 1.165) is 0 Å². The molecule has 1 aromatic heterocycles. The lowest BCUT2D eigenvalue weighted by Gasteiger charge is -2.38. The van der Waals surface area contributed by atoms with Gasteiger partial charge in [0.25, 0.3) is 5.92 Å². The van der Waals surface area contributed by atoms with E-state index in [1.807, 2.05) is 0 Å². The van der Waals surface area contributed by atoms with Gasteiger partial charge in [0.05, 0.1) is 6.61 Å². The summed E-state index contributed by atoms with van der Waals surface area (Å²) < 4.78 is 86.8. The summed E-state index contributed by atoms with van der Waals surface area (Å²) in [5.41, 5.74) is -2.67. The zero-order valence-corrected chi connectivity index (χ0v) is 16.5. The minimum atomic E-state index is -4.91. The van der Waals surface area contributed by atoms with Gasteiger partial charge in [-0.15, -0.1) is 23.4 Å². The van der Waals surface area contributed by atoms with Crippen LogP contribution in [0.1, 0.15) is 64.3 Å². The highest BCUT2D eigenvalue weighted by atomic mass is 19.4. The van der Waals surface area contributed by atoms with Gasteiger partial charge in [-0.3, -0.25) is 4.74 Å². The number of nitrogens with one attached hydrogen (secondary N) is 1. The van der Waals surface area contributed by atoms with Gasteiger partial charge in [-0.1, -0.05) is 0 Å². The number of alkyl halides is 5. The van der Waals surface area contributed by atoms with E-state index < -0.39 is 60.6 Å². The van der Waals surface area contributed by atoms with Crippen molar-refractivity contribution >= 4 is 6.09 Å². The Balaban J connectivity index is 1.66. The van der Waals surface area contributed by atoms with E-state index in [9.17, 15) is 26.7 Å². The largest absolute Gasteiger partial charge is 0.523 e. The van der Waals surface area contributed by atoms with Crippen molar-refractivity contribution in [2.75, 3.05) is 6.61 Å². The predicted molar refractivity (Wildman–Crippen MR) is 88.4 cm³/mol. The summed E-state index contributed by atoms with van der Waals surface area (Å²) in [7, 11) is 0. The minimum absolute atomic E-state index is 0.0116. The van der Waals surface area contributed by atoms with Crippen LogP contribution in [0.4, 0.5) is 26.7 Å². The van der Waals surface area contributed by atoms with Gasteiger partial charge in [0.15, 0.2) is 5.60 Å². The zero-order valence-electron chi connectivity index (χ0n) is 16.5. The fourth-order valence-electron chi connectivity index (χ4n) is 3.17. The van der Waals surface area contributed by atoms with Gasteiger partial charge in [0.2, 0.25) is 11.8 Å². The summed E-state index contributed by atoms with van der Waals surface area (Å²) in [6.45, 7) is 4.17. The Kier molecular flexibility index (Phi) is 5.73. The molecule has 3 rings (SSSR count). The first-order valence-electron chi connectivity index (χ1n) is 9.29. The maximum Gasteiger partial charge on any atom is 0.523 e. The fourth-order valence-corrected chi connectivity index (χ4v) is 3.17. The molecule has 1 aromatic rings. The molecule has 1 saturated heterocycles. The number of hydrogen-bond acceptors (Lipinski definition) is 7. The smallest absolute Gasteiger partial charge is 0.444 e. The Morgan fingerprint density at radius 1 is 1.20 bits per heavy atom. The molecule has 2 fully saturated rings. The Labute approximate surface area is 168 Å². The van der Waals surface area contributed by atoms with E-state index >= 15 is 0 Å². The van der Waals surface area contributed by atoms with Crippen molar-refractivity contribution in [3.05, 3.63) is 11.8 Å². The Morgan fingerprint density at radius 2 is 1.87 bits per heavy atom. The molecule has 2 heterocycles. The number of rotatable bonds is 4. The third kappa shape index (κ3) is 5.17. The van der Waals surface area contributed by atoms with Crippen molar-refractivity contribution in [3.8, 4) is 0 Å². The number of aromatic nitrogens is 2. The number of hydrogen-bond donors (Lipinski definition) is 1. The van der Waals surface area contributed by atoms with Crippen molar-refractivity contribution < 1.29 is 45.4 Å². The maximum atomic E-state index is 14.5. The third-order valence-electron chi connectivity index (χ3n) is 4.70. The lowest BCUT2D eigenvalue weighted by atomic mass is 9.80. The average Bonchev–Trinajstić information content (AvgIpc) is 3.00. The first-order valence-corrected chi connectivity index (χ1v) is 9.29. The number of carbonyl (C=O) groups excluding carboxylic acids is 1. The molecule has 1 aliphatic heterocycles. The molecule has 1 aliphatic carbocycles. The second-order valence-corrected chi connectivity index (χ2v) is 8.33. The molecule has 0 aromatic carbocycles. The van der Waals surface area contributed by atoms with Crippen LogP contribution in [0.25, 0.3) is 0 Å². The number of carbonyl (C=O) groups is 1. The van der Waals surface area contributed by atoms with Gasteiger partial charge in [0.1, 0.15) is 17.7 Å². The van der Waals surface area contributed by atoms with Crippen molar-refractivity contribution in [3.63, 3.8) is 0 Å². The summed E-state index contributed by atoms with van der Waals surface area (Å²) in [6.07, 6.45) is -7.71. The summed E-state index contributed by atoms with van der Waals surface area (Å²) in [5.74, 6) is -4.22. The molecule has 1 N–H and O–H groups in total. The molecule has 1 amide bonds. The van der Waals surface area contributed by atoms with Gasteiger partial charge >= 0.3 is 12.5 Å². The van der Waals surface area contributed by atoms with Crippen LogP contribution < -0.4 is 5.32 Å². The summed E-state index contributed by atoms with van der Waals surface area (Å²) in [4.78, 5) is 11.8. The average molecular weight is 443 g/mol. The number of halogens is 5. The Hall–Kier alpha value is -2.02. The van der Waals surface area contributed by atoms with Crippen LogP contribution in [0.15, 0.2) is 4.42 Å². The lowest BCUT2D eigenvalue weighted by Crippen LogP contribution is -2.55. The van der Waals surface area contributed by atoms with Gasteiger partial charge in [-0.2, -0.15) is 0 Å². The van der Waals surface area contributed by atoms with Crippen LogP contribution in [-0.4, -0.2) is 46.8 Å². The maximum absolute atomic E-state index is 14.5. The lowest BCUT2D eigenvalue weighted by molar-refractivity contribution is -0.387. The third-order valence-corrected chi connectivity index (χ3v) is 4.70. The first-order chi connectivity index (χ1) is 13.7. The van der Waals surface area contributed by atoms with Crippen molar-refractivity contribution in [1.29, 1.82) is 0 Å².